The number of anilines is 1. The highest BCUT2D eigenvalue weighted by Gasteiger charge is 2.05. The molecule has 0 aliphatic heterocycles. The van der Waals surface area contributed by atoms with Gasteiger partial charge in [0, 0.05) is 25.4 Å². The number of aromatic nitrogens is 2. The topological polar surface area (TPSA) is 79.2 Å². The number of aromatic hydroxyl groups is 1. The molecule has 0 spiro atoms. The third-order valence-electron chi connectivity index (χ3n) is 2.99. The summed E-state index contributed by atoms with van der Waals surface area (Å²) in [4.78, 5) is 11.7. The number of hydrogen-bond donors (Lipinski definition) is 3. The minimum Gasteiger partial charge on any atom is -0.508 e. The van der Waals surface area contributed by atoms with Crippen LogP contribution in [0.4, 0.5) is 10.6 Å². The molecule has 2 amide bonds. The van der Waals surface area contributed by atoms with Gasteiger partial charge < -0.3 is 10.4 Å². The van der Waals surface area contributed by atoms with Crippen molar-refractivity contribution >= 4 is 11.8 Å². The second-order valence-electron chi connectivity index (χ2n) is 4.59. The van der Waals surface area contributed by atoms with E-state index in [1.165, 1.54) is 0 Å². The quantitative estimate of drug-likeness (QED) is 0.795. The van der Waals surface area contributed by atoms with Crippen LogP contribution in [0.2, 0.25) is 0 Å². The number of aryl methyl sites for hydroxylation is 2. The number of benzene rings is 1. The maximum atomic E-state index is 11.7. The highest BCUT2D eigenvalue weighted by atomic mass is 16.3. The van der Waals surface area contributed by atoms with E-state index in [1.807, 2.05) is 26.1 Å². The van der Waals surface area contributed by atoms with Crippen molar-refractivity contribution in [3.05, 3.63) is 41.6 Å². The molecule has 0 saturated carbocycles. The molecule has 0 aliphatic rings. The summed E-state index contributed by atoms with van der Waals surface area (Å²) in [6.45, 7) is 2.43. The first-order valence-electron chi connectivity index (χ1n) is 6.38. The summed E-state index contributed by atoms with van der Waals surface area (Å²) in [6.07, 6.45) is 0.703. The van der Waals surface area contributed by atoms with E-state index >= 15 is 0 Å². The predicted octanol–water partition coefficient (Wildman–Crippen LogP) is 1.80. The summed E-state index contributed by atoms with van der Waals surface area (Å²) < 4.78 is 1.70. The van der Waals surface area contributed by atoms with Gasteiger partial charge in [-0.2, -0.15) is 5.10 Å². The molecule has 0 radical (unpaired) electrons. The van der Waals surface area contributed by atoms with Crippen molar-refractivity contribution in [2.75, 3.05) is 11.9 Å². The maximum Gasteiger partial charge on any atom is 0.320 e. The van der Waals surface area contributed by atoms with Crippen LogP contribution in [0, 0.1) is 6.92 Å². The Bertz CT molecular complexity index is 570. The number of carbonyl (C=O) groups excluding carboxylic acids is 1. The molecule has 0 fully saturated rings. The second kappa shape index (κ2) is 6.10. The number of nitrogens with zero attached hydrogens (tertiary/aromatic N) is 2. The zero-order valence-corrected chi connectivity index (χ0v) is 11.6. The smallest absolute Gasteiger partial charge is 0.320 e. The lowest BCUT2D eigenvalue weighted by Gasteiger charge is -2.05. The van der Waals surface area contributed by atoms with Gasteiger partial charge in [0.2, 0.25) is 0 Å². The molecule has 0 saturated heterocycles. The van der Waals surface area contributed by atoms with Crippen LogP contribution in [-0.4, -0.2) is 27.5 Å². The van der Waals surface area contributed by atoms with Gasteiger partial charge in [-0.1, -0.05) is 12.1 Å². The fourth-order valence-electron chi connectivity index (χ4n) is 1.77. The molecule has 1 aromatic carbocycles. The Labute approximate surface area is 117 Å². The predicted molar refractivity (Wildman–Crippen MR) is 76.8 cm³/mol. The summed E-state index contributed by atoms with van der Waals surface area (Å²) in [5.41, 5.74) is 2.03. The SMILES string of the molecule is Cc1cc(NC(=O)NCCc2ccc(O)cc2)nn1C. The first-order valence-corrected chi connectivity index (χ1v) is 6.38. The molecule has 0 atom stereocenters. The van der Waals surface area contributed by atoms with Crippen LogP contribution in [-0.2, 0) is 13.5 Å². The van der Waals surface area contributed by atoms with E-state index in [0.717, 1.165) is 11.3 Å². The number of urea groups is 1. The van der Waals surface area contributed by atoms with Crippen molar-refractivity contribution in [2.24, 2.45) is 7.05 Å². The third-order valence-corrected chi connectivity index (χ3v) is 2.99. The van der Waals surface area contributed by atoms with Gasteiger partial charge >= 0.3 is 6.03 Å². The van der Waals surface area contributed by atoms with E-state index in [4.69, 9.17) is 0 Å². The van der Waals surface area contributed by atoms with Crippen molar-refractivity contribution in [1.29, 1.82) is 0 Å². The van der Waals surface area contributed by atoms with Crippen LogP contribution in [0.1, 0.15) is 11.3 Å². The Hall–Kier alpha value is -2.50. The Balaban J connectivity index is 1.76. The van der Waals surface area contributed by atoms with E-state index in [1.54, 1.807) is 22.9 Å². The van der Waals surface area contributed by atoms with E-state index in [0.29, 0.717) is 18.8 Å². The van der Waals surface area contributed by atoms with Crippen LogP contribution in [0.15, 0.2) is 30.3 Å². The molecule has 0 unspecified atom stereocenters. The van der Waals surface area contributed by atoms with Gasteiger partial charge in [0.05, 0.1) is 0 Å². The Morgan fingerprint density at radius 2 is 2.05 bits per heavy atom. The minimum atomic E-state index is -0.276. The van der Waals surface area contributed by atoms with Gasteiger partial charge in [-0.05, 0) is 31.0 Å². The van der Waals surface area contributed by atoms with E-state index in [9.17, 15) is 9.90 Å². The van der Waals surface area contributed by atoms with Crippen LogP contribution in [0.3, 0.4) is 0 Å². The molecule has 6 nitrogen and oxygen atoms in total. The third kappa shape index (κ3) is 3.74. The van der Waals surface area contributed by atoms with Crippen LogP contribution >= 0.6 is 0 Å². The van der Waals surface area contributed by atoms with Crippen molar-refractivity contribution in [1.82, 2.24) is 15.1 Å². The van der Waals surface area contributed by atoms with Gasteiger partial charge in [0.25, 0.3) is 0 Å². The number of rotatable bonds is 4. The number of nitrogens with one attached hydrogen (secondary N) is 2. The van der Waals surface area contributed by atoms with Crippen LogP contribution < -0.4 is 10.6 Å². The zero-order valence-electron chi connectivity index (χ0n) is 11.6. The Kier molecular flexibility index (Phi) is 4.24. The average molecular weight is 274 g/mol. The van der Waals surface area contributed by atoms with Gasteiger partial charge in [0.1, 0.15) is 5.75 Å². The Morgan fingerprint density at radius 3 is 2.65 bits per heavy atom. The van der Waals surface area contributed by atoms with E-state index < -0.39 is 0 Å². The van der Waals surface area contributed by atoms with E-state index in [-0.39, 0.29) is 11.8 Å². The van der Waals surface area contributed by atoms with Gasteiger partial charge in [-0.15, -0.1) is 0 Å². The van der Waals surface area contributed by atoms with Crippen molar-refractivity contribution in [3.63, 3.8) is 0 Å². The maximum absolute atomic E-state index is 11.7. The van der Waals surface area contributed by atoms with Gasteiger partial charge in [-0.3, -0.25) is 10.00 Å². The number of phenolic OH excluding ortho intramolecular Hbond substituents is 1. The molecule has 106 valence electrons. The second-order valence-corrected chi connectivity index (χ2v) is 4.59. The molecule has 0 bridgehead atoms. The van der Waals surface area contributed by atoms with Crippen molar-refractivity contribution in [3.8, 4) is 5.75 Å². The lowest BCUT2D eigenvalue weighted by Crippen LogP contribution is -2.30. The normalized spacial score (nSPS) is 10.3. The number of carbonyl (C=O) groups is 1. The number of amides is 2. The molecule has 6 heteroatoms. The molecule has 3 N–H and O–H groups in total. The minimum absolute atomic E-state index is 0.241. The highest BCUT2D eigenvalue weighted by Crippen LogP contribution is 2.09. The average Bonchev–Trinajstić information content (AvgIpc) is 2.70. The number of hydrogen-bond acceptors (Lipinski definition) is 3. The highest BCUT2D eigenvalue weighted by molar-refractivity contribution is 5.88. The molecule has 2 aromatic rings. The monoisotopic (exact) mass is 274 g/mol. The zero-order chi connectivity index (χ0) is 14.5. The van der Waals surface area contributed by atoms with E-state index in [2.05, 4.69) is 15.7 Å². The summed E-state index contributed by atoms with van der Waals surface area (Å²) in [5.74, 6) is 0.775. The summed E-state index contributed by atoms with van der Waals surface area (Å²) >= 11 is 0. The summed E-state index contributed by atoms with van der Waals surface area (Å²) in [5, 5.41) is 18.8. The standard InChI is InChI=1S/C14H18N4O2/c1-10-9-13(17-18(10)2)16-14(20)15-8-7-11-3-5-12(19)6-4-11/h3-6,9,19H,7-8H2,1-2H3,(H2,15,16,17,20). The molecule has 20 heavy (non-hydrogen) atoms. The van der Waals surface area contributed by atoms with Gasteiger partial charge in [-0.25, -0.2) is 4.79 Å². The number of phenols is 1. The molecular weight excluding hydrogens is 256 g/mol. The fourth-order valence-corrected chi connectivity index (χ4v) is 1.77. The molecule has 1 heterocycles. The van der Waals surface area contributed by atoms with Gasteiger partial charge in [0.15, 0.2) is 5.82 Å². The first kappa shape index (κ1) is 13.9. The molecule has 0 aliphatic carbocycles. The molecule has 2 rings (SSSR count). The lowest BCUT2D eigenvalue weighted by atomic mass is 10.1. The Morgan fingerprint density at radius 1 is 1.35 bits per heavy atom. The molecule has 1 aromatic heterocycles. The summed E-state index contributed by atoms with van der Waals surface area (Å²) in [7, 11) is 1.82. The fraction of sp³-hybridized carbons (Fsp3) is 0.286. The van der Waals surface area contributed by atoms with Crippen LogP contribution in [0.5, 0.6) is 5.75 Å². The molecular formula is C14H18N4O2. The lowest BCUT2D eigenvalue weighted by molar-refractivity contribution is 0.252. The van der Waals surface area contributed by atoms with Crippen LogP contribution in [0.25, 0.3) is 0 Å². The van der Waals surface area contributed by atoms with Crippen molar-refractivity contribution in [2.45, 2.75) is 13.3 Å². The first-order chi connectivity index (χ1) is 9.54. The largest absolute Gasteiger partial charge is 0.508 e. The summed E-state index contributed by atoms with van der Waals surface area (Å²) in [6, 6.07) is 8.45. The van der Waals surface area contributed by atoms with Crippen molar-refractivity contribution < 1.29 is 9.90 Å².